The van der Waals surface area contributed by atoms with Gasteiger partial charge < -0.3 is 10.2 Å². The van der Waals surface area contributed by atoms with Gasteiger partial charge >= 0.3 is 12.4 Å². The van der Waals surface area contributed by atoms with Crippen molar-refractivity contribution < 1.29 is 31.1 Å². The average Bonchev–Trinajstić information content (AvgIpc) is 3.33. The van der Waals surface area contributed by atoms with Crippen LogP contribution >= 0.6 is 0 Å². The summed E-state index contributed by atoms with van der Waals surface area (Å²) in [5.74, 6) is -0.347. The van der Waals surface area contributed by atoms with Gasteiger partial charge in [0, 0.05) is 31.2 Å². The third kappa shape index (κ3) is 5.29. The van der Waals surface area contributed by atoms with Crippen LogP contribution in [0.2, 0.25) is 0 Å². The summed E-state index contributed by atoms with van der Waals surface area (Å²) in [5, 5.41) is 14.5. The van der Waals surface area contributed by atoms with Crippen molar-refractivity contribution in [2.75, 3.05) is 23.3 Å². The number of amides is 1. The van der Waals surface area contributed by atoms with Crippen molar-refractivity contribution in [3.63, 3.8) is 0 Å². The first kappa shape index (κ1) is 23.5. The fraction of sp³-hybridized carbons (Fsp3) is 0.333. The van der Waals surface area contributed by atoms with Gasteiger partial charge in [-0.2, -0.15) is 31.4 Å². The summed E-state index contributed by atoms with van der Waals surface area (Å²) in [6.07, 6.45) is -5.70. The minimum atomic E-state index is -5.00. The van der Waals surface area contributed by atoms with Gasteiger partial charge in [0.05, 0.1) is 17.0 Å². The van der Waals surface area contributed by atoms with Gasteiger partial charge in [0.2, 0.25) is 5.91 Å². The molecule has 1 amide bonds. The van der Waals surface area contributed by atoms with E-state index in [1.807, 2.05) is 0 Å². The summed E-state index contributed by atoms with van der Waals surface area (Å²) in [5.41, 5.74) is -3.54. The highest BCUT2D eigenvalue weighted by atomic mass is 19.4. The first-order chi connectivity index (χ1) is 16.0. The van der Waals surface area contributed by atoms with Gasteiger partial charge in [0.1, 0.15) is 0 Å². The Morgan fingerprint density at radius 1 is 0.971 bits per heavy atom. The van der Waals surface area contributed by atoms with Crippen molar-refractivity contribution in [3.05, 3.63) is 59.9 Å². The molecule has 4 rings (SSSR count). The molecule has 7 nitrogen and oxygen atoms in total. The minimum Gasteiger partial charge on any atom is -0.354 e. The van der Waals surface area contributed by atoms with Gasteiger partial charge in [-0.25, -0.2) is 4.68 Å². The molecule has 0 saturated carbocycles. The highest BCUT2D eigenvalue weighted by Gasteiger charge is 2.37. The molecule has 0 spiro atoms. The summed E-state index contributed by atoms with van der Waals surface area (Å²) < 4.78 is 80.0. The number of aromatic nitrogens is 4. The Balaban J connectivity index is 1.48. The van der Waals surface area contributed by atoms with Gasteiger partial charge in [-0.15, -0.1) is 10.2 Å². The van der Waals surface area contributed by atoms with Crippen LogP contribution in [0.25, 0.3) is 5.82 Å². The number of hydrogen-bond acceptors (Lipinski definition) is 5. The van der Waals surface area contributed by atoms with Crippen LogP contribution in [-0.4, -0.2) is 39.0 Å². The third-order valence-corrected chi connectivity index (χ3v) is 5.35. The number of rotatable bonds is 4. The molecule has 3 aromatic rings. The SMILES string of the molecule is O=C(Nc1cc(C(F)(F)F)cc(C(F)(F)F)c1)C1CCCN(c2ccc(-n3cccn3)nn2)C1. The second kappa shape index (κ2) is 8.95. The van der Waals surface area contributed by atoms with E-state index in [0.29, 0.717) is 43.2 Å². The third-order valence-electron chi connectivity index (χ3n) is 5.35. The summed E-state index contributed by atoms with van der Waals surface area (Å²) >= 11 is 0. The highest BCUT2D eigenvalue weighted by molar-refractivity contribution is 5.93. The first-order valence-corrected chi connectivity index (χ1v) is 10.2. The van der Waals surface area contributed by atoms with E-state index >= 15 is 0 Å². The van der Waals surface area contributed by atoms with E-state index in [4.69, 9.17) is 0 Å². The number of hydrogen-bond donors (Lipinski definition) is 1. The van der Waals surface area contributed by atoms with Crippen molar-refractivity contribution in [2.45, 2.75) is 25.2 Å². The van der Waals surface area contributed by atoms with Crippen molar-refractivity contribution in [2.24, 2.45) is 5.92 Å². The lowest BCUT2D eigenvalue weighted by Crippen LogP contribution is -2.41. The molecule has 0 radical (unpaired) electrons. The number of alkyl halides is 6. The Morgan fingerprint density at radius 2 is 1.62 bits per heavy atom. The van der Waals surface area contributed by atoms with Crippen LogP contribution in [0.5, 0.6) is 0 Å². The van der Waals surface area contributed by atoms with E-state index in [9.17, 15) is 31.1 Å². The number of piperidine rings is 1. The monoisotopic (exact) mass is 484 g/mol. The van der Waals surface area contributed by atoms with E-state index in [-0.39, 0.29) is 12.6 Å². The largest absolute Gasteiger partial charge is 0.416 e. The molecule has 1 aromatic carbocycles. The lowest BCUT2D eigenvalue weighted by atomic mass is 9.96. The fourth-order valence-electron chi connectivity index (χ4n) is 3.68. The standard InChI is InChI=1S/C21H18F6N6O/c22-20(23,24)14-9-15(21(25,26)27)11-16(10-14)29-19(34)13-3-1-7-32(12-13)17-4-5-18(31-30-17)33-8-2-6-28-33/h2,4-6,8-11,13H,1,3,7,12H2,(H,29,34). The normalized spacial score (nSPS) is 17.0. The molecule has 3 heterocycles. The van der Waals surface area contributed by atoms with Crippen LogP contribution in [0.4, 0.5) is 37.8 Å². The number of benzene rings is 1. The molecule has 1 saturated heterocycles. The highest BCUT2D eigenvalue weighted by Crippen LogP contribution is 2.37. The molecule has 2 aromatic heterocycles. The maximum absolute atomic E-state index is 13.1. The number of carbonyl (C=O) groups is 1. The number of nitrogens with zero attached hydrogens (tertiary/aromatic N) is 5. The zero-order valence-corrected chi connectivity index (χ0v) is 17.4. The molecule has 13 heteroatoms. The Labute approximate surface area is 189 Å². The van der Waals surface area contributed by atoms with Gasteiger partial charge in [-0.05, 0) is 49.2 Å². The molecule has 34 heavy (non-hydrogen) atoms. The topological polar surface area (TPSA) is 75.9 Å². The average molecular weight is 484 g/mol. The second-order valence-electron chi connectivity index (χ2n) is 7.77. The Bertz CT molecular complexity index is 1110. The van der Waals surface area contributed by atoms with Gasteiger partial charge in [-0.1, -0.05) is 0 Å². The summed E-state index contributed by atoms with van der Waals surface area (Å²) in [4.78, 5) is 14.5. The van der Waals surface area contributed by atoms with Crippen molar-refractivity contribution in [1.82, 2.24) is 20.0 Å². The minimum absolute atomic E-state index is 0.0174. The second-order valence-corrected chi connectivity index (χ2v) is 7.77. The first-order valence-electron chi connectivity index (χ1n) is 10.2. The van der Waals surface area contributed by atoms with Crippen LogP contribution in [0, 0.1) is 5.92 Å². The fourth-order valence-corrected chi connectivity index (χ4v) is 3.68. The molecule has 0 bridgehead atoms. The van der Waals surface area contributed by atoms with E-state index in [1.165, 1.54) is 4.68 Å². The Morgan fingerprint density at radius 3 is 2.18 bits per heavy atom. The number of carbonyl (C=O) groups excluding carboxylic acids is 1. The maximum Gasteiger partial charge on any atom is 0.416 e. The lowest BCUT2D eigenvalue weighted by Gasteiger charge is -2.32. The van der Waals surface area contributed by atoms with Gasteiger partial charge in [0.25, 0.3) is 0 Å². The molecule has 1 N–H and O–H groups in total. The van der Waals surface area contributed by atoms with Crippen molar-refractivity contribution in [3.8, 4) is 5.82 Å². The van der Waals surface area contributed by atoms with Crippen LogP contribution < -0.4 is 10.2 Å². The zero-order valence-electron chi connectivity index (χ0n) is 17.4. The molecule has 1 aliphatic heterocycles. The lowest BCUT2D eigenvalue weighted by molar-refractivity contribution is -0.143. The van der Waals surface area contributed by atoms with Crippen LogP contribution in [-0.2, 0) is 17.1 Å². The van der Waals surface area contributed by atoms with E-state index in [1.54, 1.807) is 35.5 Å². The Kier molecular flexibility index (Phi) is 6.19. The van der Waals surface area contributed by atoms with E-state index < -0.39 is 41.0 Å². The van der Waals surface area contributed by atoms with Crippen LogP contribution in [0.3, 0.4) is 0 Å². The molecule has 1 aliphatic rings. The zero-order chi connectivity index (χ0) is 24.5. The number of nitrogens with one attached hydrogen (secondary N) is 1. The van der Waals surface area contributed by atoms with E-state index in [2.05, 4.69) is 20.6 Å². The maximum atomic E-state index is 13.1. The molecule has 0 aliphatic carbocycles. The predicted molar refractivity (Wildman–Crippen MR) is 109 cm³/mol. The molecule has 180 valence electrons. The molecular formula is C21H18F6N6O. The number of halogens is 6. The summed E-state index contributed by atoms with van der Waals surface area (Å²) in [6.45, 7) is 0.758. The van der Waals surface area contributed by atoms with Gasteiger partial charge in [-0.3, -0.25) is 4.79 Å². The van der Waals surface area contributed by atoms with Crippen molar-refractivity contribution in [1.29, 1.82) is 0 Å². The summed E-state index contributed by atoms with van der Waals surface area (Å²) in [7, 11) is 0. The molecular weight excluding hydrogens is 466 g/mol. The predicted octanol–water partition coefficient (Wildman–Crippen LogP) is 4.56. The smallest absolute Gasteiger partial charge is 0.354 e. The van der Waals surface area contributed by atoms with E-state index in [0.717, 1.165) is 0 Å². The number of anilines is 2. The van der Waals surface area contributed by atoms with Crippen LogP contribution in [0.15, 0.2) is 48.8 Å². The quantitative estimate of drug-likeness (QED) is 0.550. The van der Waals surface area contributed by atoms with Gasteiger partial charge in [0.15, 0.2) is 11.6 Å². The molecule has 1 atom stereocenters. The van der Waals surface area contributed by atoms with Crippen LogP contribution in [0.1, 0.15) is 24.0 Å². The Hall–Kier alpha value is -3.64. The molecule has 1 fully saturated rings. The van der Waals surface area contributed by atoms with Crippen molar-refractivity contribution >= 4 is 17.4 Å². The summed E-state index contributed by atoms with van der Waals surface area (Å²) in [6, 6.07) is 6.13. The molecule has 1 unspecified atom stereocenters.